The molecule has 0 fully saturated rings. The molecule has 0 radical (unpaired) electrons. The summed E-state index contributed by atoms with van der Waals surface area (Å²) in [6.45, 7) is 5.10. The molecule has 0 bridgehead atoms. The van der Waals surface area contributed by atoms with Gasteiger partial charge in [0.25, 0.3) is 5.91 Å². The van der Waals surface area contributed by atoms with Gasteiger partial charge in [0.05, 0.1) is 5.56 Å². The van der Waals surface area contributed by atoms with Crippen LogP contribution in [-0.2, 0) is 4.79 Å². The van der Waals surface area contributed by atoms with Crippen molar-refractivity contribution in [2.24, 2.45) is 0 Å². The van der Waals surface area contributed by atoms with Gasteiger partial charge in [0.15, 0.2) is 0 Å². The molecule has 1 rings (SSSR count). The third-order valence-corrected chi connectivity index (χ3v) is 4.68. The molecular weight excluding hydrogens is 369 g/mol. The summed E-state index contributed by atoms with van der Waals surface area (Å²) < 4.78 is 3.34. The number of ether oxygens (including phenoxy) is 1. The molecular formula is C14H16Cl3NO3S. The minimum Gasteiger partial charge on any atom is -0.426 e. The van der Waals surface area contributed by atoms with Crippen molar-refractivity contribution in [1.82, 2.24) is 5.32 Å². The van der Waals surface area contributed by atoms with E-state index in [1.165, 1.54) is 30.8 Å². The maximum Gasteiger partial charge on any atom is 0.308 e. The highest BCUT2D eigenvalue weighted by Crippen LogP contribution is 2.38. The molecule has 0 aliphatic carbocycles. The number of esters is 1. The lowest BCUT2D eigenvalue weighted by Crippen LogP contribution is -2.42. The maximum absolute atomic E-state index is 12.4. The van der Waals surface area contributed by atoms with Crippen LogP contribution < -0.4 is 10.1 Å². The minimum absolute atomic E-state index is 0.143. The fourth-order valence-corrected chi connectivity index (χ4v) is 3.06. The maximum atomic E-state index is 12.4. The Kier molecular flexibility index (Phi) is 7.32. The first-order chi connectivity index (χ1) is 10.1. The molecule has 1 amide bonds. The number of benzene rings is 1. The quantitative estimate of drug-likeness (QED) is 0.358. The lowest BCUT2D eigenvalue weighted by atomic mass is 10.2. The Balaban J connectivity index is 2.97. The van der Waals surface area contributed by atoms with Crippen LogP contribution in [0.4, 0.5) is 0 Å². The Bertz CT molecular complexity index is 546. The molecule has 1 aromatic rings. The van der Waals surface area contributed by atoms with Crippen LogP contribution in [-0.4, -0.2) is 26.3 Å². The molecule has 0 aliphatic heterocycles. The molecule has 1 N–H and O–H groups in total. The Labute approximate surface area is 148 Å². The number of carbonyl (C=O) groups excluding carboxylic acids is 2. The number of rotatable bonds is 5. The van der Waals surface area contributed by atoms with Crippen molar-refractivity contribution in [2.45, 2.75) is 35.2 Å². The van der Waals surface area contributed by atoms with Crippen LogP contribution in [0.5, 0.6) is 5.75 Å². The second kappa shape index (κ2) is 8.29. The summed E-state index contributed by atoms with van der Waals surface area (Å²) in [4.78, 5) is 23.5. The normalized spacial score (nSPS) is 12.9. The number of amides is 1. The third-order valence-electron chi connectivity index (χ3n) is 2.35. The van der Waals surface area contributed by atoms with E-state index in [4.69, 9.17) is 39.5 Å². The van der Waals surface area contributed by atoms with Gasteiger partial charge in [0.1, 0.15) is 11.1 Å². The first kappa shape index (κ1) is 19.4. The molecule has 1 unspecified atom stereocenters. The van der Waals surface area contributed by atoms with Gasteiger partial charge in [0.2, 0.25) is 3.79 Å². The Morgan fingerprint density at radius 3 is 2.32 bits per heavy atom. The lowest BCUT2D eigenvalue weighted by molar-refractivity contribution is -0.131. The number of nitrogens with one attached hydrogen (secondary N) is 1. The van der Waals surface area contributed by atoms with Crippen molar-refractivity contribution >= 4 is 58.4 Å². The number of hydrogen-bond donors (Lipinski definition) is 1. The summed E-state index contributed by atoms with van der Waals surface area (Å²) in [5, 5.41) is 2.06. The van der Waals surface area contributed by atoms with Gasteiger partial charge in [-0.25, -0.2) is 0 Å². The Hall–Kier alpha value is -0.620. The molecule has 0 aromatic heterocycles. The highest BCUT2D eigenvalue weighted by atomic mass is 35.6. The number of halogens is 3. The van der Waals surface area contributed by atoms with Gasteiger partial charge in [-0.05, 0) is 12.1 Å². The average molecular weight is 385 g/mol. The topological polar surface area (TPSA) is 55.4 Å². The zero-order valence-electron chi connectivity index (χ0n) is 12.2. The van der Waals surface area contributed by atoms with Crippen molar-refractivity contribution in [3.63, 3.8) is 0 Å². The van der Waals surface area contributed by atoms with Gasteiger partial charge in [-0.3, -0.25) is 9.59 Å². The van der Waals surface area contributed by atoms with Gasteiger partial charge in [-0.2, -0.15) is 0 Å². The van der Waals surface area contributed by atoms with Gasteiger partial charge in [0, 0.05) is 12.2 Å². The van der Waals surface area contributed by atoms with Crippen molar-refractivity contribution in [2.75, 3.05) is 0 Å². The van der Waals surface area contributed by atoms with E-state index in [9.17, 15) is 9.59 Å². The van der Waals surface area contributed by atoms with Crippen LogP contribution in [0.25, 0.3) is 0 Å². The van der Waals surface area contributed by atoms with E-state index in [1.54, 1.807) is 12.1 Å². The van der Waals surface area contributed by atoms with E-state index in [0.29, 0.717) is 0 Å². The van der Waals surface area contributed by atoms with Crippen molar-refractivity contribution < 1.29 is 14.3 Å². The van der Waals surface area contributed by atoms with Crippen LogP contribution in [0.3, 0.4) is 0 Å². The monoisotopic (exact) mass is 383 g/mol. The summed E-state index contributed by atoms with van der Waals surface area (Å²) >= 11 is 19.0. The predicted molar refractivity (Wildman–Crippen MR) is 92.0 cm³/mol. The Morgan fingerprint density at radius 1 is 1.23 bits per heavy atom. The van der Waals surface area contributed by atoms with Crippen LogP contribution in [0.1, 0.15) is 31.1 Å². The largest absolute Gasteiger partial charge is 0.426 e. The summed E-state index contributed by atoms with van der Waals surface area (Å²) in [5.74, 6) is -0.846. The minimum atomic E-state index is -1.67. The SMILES string of the molecule is CC(=O)Oc1ccccc1C(=O)NC(SC(C)C)C(Cl)(Cl)Cl. The van der Waals surface area contributed by atoms with Gasteiger partial charge in [-0.1, -0.05) is 60.8 Å². The van der Waals surface area contributed by atoms with Crippen LogP contribution in [0, 0.1) is 0 Å². The molecule has 22 heavy (non-hydrogen) atoms. The third kappa shape index (κ3) is 6.24. The molecule has 0 saturated carbocycles. The van der Waals surface area contributed by atoms with E-state index in [0.717, 1.165) is 0 Å². The molecule has 1 aromatic carbocycles. The van der Waals surface area contributed by atoms with Crippen LogP contribution in [0.15, 0.2) is 24.3 Å². The molecule has 122 valence electrons. The van der Waals surface area contributed by atoms with Gasteiger partial charge >= 0.3 is 5.97 Å². The molecule has 0 aliphatic rings. The molecule has 0 heterocycles. The Morgan fingerprint density at radius 2 is 1.82 bits per heavy atom. The predicted octanol–water partition coefficient (Wildman–Crippen LogP) is 4.18. The number of carbonyl (C=O) groups is 2. The van der Waals surface area contributed by atoms with E-state index < -0.39 is 21.0 Å². The number of hydrogen-bond acceptors (Lipinski definition) is 4. The van der Waals surface area contributed by atoms with Crippen molar-refractivity contribution in [3.05, 3.63) is 29.8 Å². The first-order valence-electron chi connectivity index (χ1n) is 6.41. The fourth-order valence-electron chi connectivity index (χ4n) is 1.56. The lowest BCUT2D eigenvalue weighted by Gasteiger charge is -2.26. The zero-order valence-corrected chi connectivity index (χ0v) is 15.3. The fraction of sp³-hybridized carbons (Fsp3) is 0.429. The second-order valence-electron chi connectivity index (χ2n) is 4.67. The number of thioether (sulfide) groups is 1. The van der Waals surface area contributed by atoms with E-state index >= 15 is 0 Å². The summed E-state index contributed by atoms with van der Waals surface area (Å²) in [6, 6.07) is 6.37. The molecule has 8 heteroatoms. The highest BCUT2D eigenvalue weighted by molar-refractivity contribution is 8.00. The molecule has 1 atom stereocenters. The van der Waals surface area contributed by atoms with E-state index in [-0.39, 0.29) is 16.6 Å². The summed E-state index contributed by atoms with van der Waals surface area (Å²) in [7, 11) is 0. The zero-order chi connectivity index (χ0) is 16.9. The van der Waals surface area contributed by atoms with E-state index in [1.807, 2.05) is 13.8 Å². The number of para-hydroxylation sites is 1. The summed E-state index contributed by atoms with van der Waals surface area (Å²) in [5.41, 5.74) is 0.196. The average Bonchev–Trinajstić information content (AvgIpc) is 2.36. The molecule has 4 nitrogen and oxygen atoms in total. The van der Waals surface area contributed by atoms with E-state index in [2.05, 4.69) is 5.32 Å². The van der Waals surface area contributed by atoms with Crippen LogP contribution >= 0.6 is 46.6 Å². The first-order valence-corrected chi connectivity index (χ1v) is 8.49. The highest BCUT2D eigenvalue weighted by Gasteiger charge is 2.35. The molecule has 0 saturated heterocycles. The van der Waals surface area contributed by atoms with Crippen molar-refractivity contribution in [3.8, 4) is 5.75 Å². The van der Waals surface area contributed by atoms with Gasteiger partial charge in [-0.15, -0.1) is 11.8 Å². The van der Waals surface area contributed by atoms with Crippen LogP contribution in [0.2, 0.25) is 0 Å². The standard InChI is InChI=1S/C14H16Cl3NO3S/c1-8(2)22-13(14(15,16)17)18-12(20)10-6-4-5-7-11(10)21-9(3)19/h4-8,13H,1-3H3,(H,18,20). The van der Waals surface area contributed by atoms with Gasteiger partial charge < -0.3 is 10.1 Å². The van der Waals surface area contributed by atoms with Crippen molar-refractivity contribution in [1.29, 1.82) is 0 Å². The number of alkyl halides is 3. The second-order valence-corrected chi connectivity index (χ2v) is 8.73. The summed E-state index contributed by atoms with van der Waals surface area (Å²) in [6.07, 6.45) is 0. The molecule has 0 spiro atoms. The smallest absolute Gasteiger partial charge is 0.308 e.